The number of anilines is 2. The topological polar surface area (TPSA) is 112 Å². The number of carbonyl (C=O) groups is 1. The molecule has 162 valence electrons. The number of ether oxygens (including phenoxy) is 1. The molecule has 0 bridgehead atoms. The lowest BCUT2D eigenvalue weighted by Gasteiger charge is -2.35. The first-order chi connectivity index (χ1) is 13.9. The zero-order valence-corrected chi connectivity index (χ0v) is 17.7. The Morgan fingerprint density at radius 1 is 1.28 bits per heavy atom. The van der Waals surface area contributed by atoms with Crippen molar-refractivity contribution < 1.29 is 23.1 Å². The molecule has 2 fully saturated rings. The molecule has 2 aliphatic heterocycles. The average molecular weight is 427 g/mol. The van der Waals surface area contributed by atoms with Crippen LogP contribution in [0.4, 0.5) is 11.5 Å². The fourth-order valence-corrected chi connectivity index (χ4v) is 4.41. The molecule has 9 nitrogen and oxygen atoms in total. The Kier molecular flexibility index (Phi) is 7.31. The first-order valence-electron chi connectivity index (χ1n) is 10.2. The average Bonchev–Trinajstić information content (AvgIpc) is 2.73. The lowest BCUT2D eigenvalue weighted by molar-refractivity contribution is 0.0349. The van der Waals surface area contributed by atoms with Crippen molar-refractivity contribution in [2.45, 2.75) is 26.2 Å². The number of aromatic nitrogens is 1. The van der Waals surface area contributed by atoms with E-state index in [1.165, 1.54) is 19.2 Å². The second-order valence-electron chi connectivity index (χ2n) is 7.58. The molecule has 0 amide bonds. The molecule has 0 radical (unpaired) electrons. The van der Waals surface area contributed by atoms with Gasteiger partial charge in [0.1, 0.15) is 11.4 Å². The summed E-state index contributed by atoms with van der Waals surface area (Å²) in [7, 11) is -3.48. The van der Waals surface area contributed by atoms with Gasteiger partial charge in [0.25, 0.3) is 0 Å². The molecule has 1 aromatic rings. The van der Waals surface area contributed by atoms with Crippen LogP contribution in [-0.2, 0) is 14.8 Å². The van der Waals surface area contributed by atoms with Gasteiger partial charge in [-0.25, -0.2) is 18.2 Å². The van der Waals surface area contributed by atoms with Crippen molar-refractivity contribution in [3.05, 3.63) is 17.8 Å². The van der Waals surface area contributed by atoms with Crippen LogP contribution >= 0.6 is 0 Å². The van der Waals surface area contributed by atoms with Gasteiger partial charge in [0.05, 0.1) is 30.9 Å². The van der Waals surface area contributed by atoms with E-state index in [4.69, 9.17) is 4.74 Å². The number of pyridine rings is 1. The van der Waals surface area contributed by atoms with Crippen molar-refractivity contribution in [3.8, 4) is 0 Å². The maximum atomic E-state index is 11.7. The van der Waals surface area contributed by atoms with Crippen LogP contribution in [0.2, 0.25) is 0 Å². The molecule has 29 heavy (non-hydrogen) atoms. The maximum absolute atomic E-state index is 11.7. The van der Waals surface area contributed by atoms with Crippen LogP contribution in [0, 0.1) is 5.92 Å². The molecule has 10 heteroatoms. The molecule has 2 saturated heterocycles. The first kappa shape index (κ1) is 21.8. The SMILES string of the molecule is CCS(=O)(=O)Nc1cnc(N2CCC(CCN3CCOCC3)CC2)c(C(=O)O)c1. The summed E-state index contributed by atoms with van der Waals surface area (Å²) in [5.41, 5.74) is 0.196. The number of piperidine rings is 1. The zero-order valence-electron chi connectivity index (χ0n) is 16.8. The van der Waals surface area contributed by atoms with Crippen molar-refractivity contribution in [1.82, 2.24) is 9.88 Å². The molecule has 0 spiro atoms. The van der Waals surface area contributed by atoms with E-state index in [0.29, 0.717) is 11.7 Å². The number of rotatable bonds is 8. The highest BCUT2D eigenvalue weighted by molar-refractivity contribution is 7.92. The number of hydrogen-bond acceptors (Lipinski definition) is 7. The summed E-state index contributed by atoms with van der Waals surface area (Å²) in [6, 6.07) is 1.35. The standard InChI is InChI=1S/C19H30N4O5S/c1-2-29(26,27)21-16-13-17(19(24)25)18(20-14-16)23-7-4-15(5-8-23)3-6-22-9-11-28-12-10-22/h13-15,21H,2-12H2,1H3,(H,24,25). The molecule has 0 aromatic carbocycles. The predicted molar refractivity (Wildman–Crippen MR) is 111 cm³/mol. The van der Waals surface area contributed by atoms with E-state index >= 15 is 0 Å². The molecule has 3 heterocycles. The minimum atomic E-state index is -3.48. The smallest absolute Gasteiger partial charge is 0.339 e. The summed E-state index contributed by atoms with van der Waals surface area (Å²) in [6.07, 6.45) is 4.52. The number of hydrogen-bond donors (Lipinski definition) is 2. The number of sulfonamides is 1. The number of carboxylic acids is 1. The van der Waals surface area contributed by atoms with Crippen LogP contribution < -0.4 is 9.62 Å². The zero-order chi connectivity index (χ0) is 20.9. The van der Waals surface area contributed by atoms with E-state index in [-0.39, 0.29) is 17.0 Å². The van der Waals surface area contributed by atoms with Gasteiger partial charge in [-0.3, -0.25) is 9.62 Å². The van der Waals surface area contributed by atoms with E-state index in [1.54, 1.807) is 0 Å². The maximum Gasteiger partial charge on any atom is 0.339 e. The monoisotopic (exact) mass is 426 g/mol. The molecule has 1 aromatic heterocycles. The fourth-order valence-electron chi connectivity index (χ4n) is 3.80. The van der Waals surface area contributed by atoms with Crippen molar-refractivity contribution >= 4 is 27.5 Å². The van der Waals surface area contributed by atoms with Crippen LogP contribution in [0.25, 0.3) is 0 Å². The van der Waals surface area contributed by atoms with Gasteiger partial charge in [0.2, 0.25) is 10.0 Å². The lowest BCUT2D eigenvalue weighted by Crippen LogP contribution is -2.39. The number of nitrogens with one attached hydrogen (secondary N) is 1. The molecule has 0 atom stereocenters. The first-order valence-corrected chi connectivity index (χ1v) is 11.8. The normalized spacial score (nSPS) is 19.3. The third-order valence-corrected chi connectivity index (χ3v) is 6.93. The second-order valence-corrected chi connectivity index (χ2v) is 9.59. The Bertz CT molecular complexity index is 803. The Morgan fingerprint density at radius 3 is 2.59 bits per heavy atom. The van der Waals surface area contributed by atoms with Crippen LogP contribution in [0.1, 0.15) is 36.5 Å². The van der Waals surface area contributed by atoms with Crippen LogP contribution in [0.5, 0.6) is 0 Å². The summed E-state index contributed by atoms with van der Waals surface area (Å²) >= 11 is 0. The van der Waals surface area contributed by atoms with E-state index in [9.17, 15) is 18.3 Å². The van der Waals surface area contributed by atoms with Gasteiger partial charge in [-0.2, -0.15) is 0 Å². The fraction of sp³-hybridized carbons (Fsp3) is 0.684. The van der Waals surface area contributed by atoms with Gasteiger partial charge in [-0.1, -0.05) is 0 Å². The highest BCUT2D eigenvalue weighted by Crippen LogP contribution is 2.28. The third-order valence-electron chi connectivity index (χ3n) is 5.62. The summed E-state index contributed by atoms with van der Waals surface area (Å²) in [5.74, 6) is -0.171. The van der Waals surface area contributed by atoms with Gasteiger partial charge in [0, 0.05) is 26.2 Å². The summed E-state index contributed by atoms with van der Waals surface area (Å²) in [4.78, 5) is 20.4. The van der Waals surface area contributed by atoms with Crippen LogP contribution in [0.15, 0.2) is 12.3 Å². The van der Waals surface area contributed by atoms with Crippen molar-refractivity contribution in [2.24, 2.45) is 5.92 Å². The number of morpholine rings is 1. The second kappa shape index (κ2) is 9.73. The van der Waals surface area contributed by atoms with Crippen LogP contribution in [0.3, 0.4) is 0 Å². The number of aromatic carboxylic acids is 1. The quantitative estimate of drug-likeness (QED) is 0.643. The van der Waals surface area contributed by atoms with E-state index < -0.39 is 16.0 Å². The number of nitrogens with zero attached hydrogens (tertiary/aromatic N) is 3. The molecule has 2 aliphatic rings. The van der Waals surface area contributed by atoms with Gasteiger partial charge in [-0.05, 0) is 44.7 Å². The molecule has 2 N–H and O–H groups in total. The Balaban J connectivity index is 1.59. The molecular formula is C19H30N4O5S. The molecular weight excluding hydrogens is 396 g/mol. The minimum absolute atomic E-state index is 0.0214. The summed E-state index contributed by atoms with van der Waals surface area (Å²) in [6.45, 7) is 7.73. The lowest BCUT2D eigenvalue weighted by atomic mass is 9.93. The largest absolute Gasteiger partial charge is 0.478 e. The molecule has 0 unspecified atom stereocenters. The summed E-state index contributed by atoms with van der Waals surface area (Å²) < 4.78 is 31.2. The third kappa shape index (κ3) is 6.03. The van der Waals surface area contributed by atoms with Gasteiger partial charge in [-0.15, -0.1) is 0 Å². The van der Waals surface area contributed by atoms with E-state index in [0.717, 1.165) is 65.2 Å². The van der Waals surface area contributed by atoms with Gasteiger partial charge < -0.3 is 14.7 Å². The Labute approximate surface area is 172 Å². The number of carboxylic acid groups (broad SMARTS) is 1. The Hall–Kier alpha value is -1.91. The van der Waals surface area contributed by atoms with Crippen molar-refractivity contribution in [1.29, 1.82) is 0 Å². The summed E-state index contributed by atoms with van der Waals surface area (Å²) in [5, 5.41) is 9.60. The van der Waals surface area contributed by atoms with Gasteiger partial charge in [0.15, 0.2) is 0 Å². The van der Waals surface area contributed by atoms with Crippen molar-refractivity contribution in [2.75, 3.05) is 61.3 Å². The van der Waals surface area contributed by atoms with Crippen molar-refractivity contribution in [3.63, 3.8) is 0 Å². The van der Waals surface area contributed by atoms with Crippen LogP contribution in [-0.4, -0.2) is 81.1 Å². The molecule has 0 saturated carbocycles. The van der Waals surface area contributed by atoms with E-state index in [1.807, 2.05) is 4.90 Å². The highest BCUT2D eigenvalue weighted by Gasteiger charge is 2.25. The van der Waals surface area contributed by atoms with E-state index in [2.05, 4.69) is 14.6 Å². The highest BCUT2D eigenvalue weighted by atomic mass is 32.2. The van der Waals surface area contributed by atoms with Gasteiger partial charge >= 0.3 is 5.97 Å². The Morgan fingerprint density at radius 2 is 1.97 bits per heavy atom. The molecule has 3 rings (SSSR count). The molecule has 0 aliphatic carbocycles. The minimum Gasteiger partial charge on any atom is -0.478 e. The predicted octanol–water partition coefficient (Wildman–Crippen LogP) is 1.48.